The molecular weight excluding hydrogens is 445 g/mol. The van der Waals surface area contributed by atoms with Gasteiger partial charge in [-0.25, -0.2) is 4.99 Å². The van der Waals surface area contributed by atoms with Crippen LogP contribution in [0.3, 0.4) is 0 Å². The number of aliphatic imine (C=N–C) groups is 1. The van der Waals surface area contributed by atoms with Crippen LogP contribution in [0.1, 0.15) is 45.3 Å². The monoisotopic (exact) mass is 479 g/mol. The van der Waals surface area contributed by atoms with Gasteiger partial charge in [-0.05, 0) is 27.2 Å². The molecule has 0 aliphatic rings. The first-order valence-corrected chi connectivity index (χ1v) is 9.06. The second kappa shape index (κ2) is 12.9. The summed E-state index contributed by atoms with van der Waals surface area (Å²) in [6, 6.07) is 0. The van der Waals surface area contributed by atoms with Gasteiger partial charge >= 0.3 is 0 Å². The van der Waals surface area contributed by atoms with Crippen molar-refractivity contribution in [3.63, 3.8) is 0 Å². The maximum Gasteiger partial charge on any atom is 0.242 e. The number of guanidine groups is 1. The van der Waals surface area contributed by atoms with Crippen LogP contribution in [0.2, 0.25) is 0 Å². The number of aryl methyl sites for hydroxylation is 1. The zero-order valence-corrected chi connectivity index (χ0v) is 19.3. The Labute approximate surface area is 174 Å². The van der Waals surface area contributed by atoms with E-state index in [9.17, 15) is 4.79 Å². The number of likely N-dealkylation sites (N-methyl/N-ethyl adjacent to an activating group) is 2. The Morgan fingerprint density at radius 1 is 1.23 bits per heavy atom. The van der Waals surface area contributed by atoms with Crippen LogP contribution in [-0.4, -0.2) is 69.7 Å². The average molecular weight is 479 g/mol. The number of hydrogen-bond donors (Lipinski definition) is 1. The molecule has 1 N–H and O–H groups in total. The lowest BCUT2D eigenvalue weighted by atomic mass is 10.3. The van der Waals surface area contributed by atoms with E-state index in [1.165, 1.54) is 0 Å². The van der Waals surface area contributed by atoms with Crippen molar-refractivity contribution < 1.29 is 4.79 Å². The molecule has 0 spiro atoms. The molecule has 0 atom stereocenters. The summed E-state index contributed by atoms with van der Waals surface area (Å²) in [5, 5.41) is 11.5. The van der Waals surface area contributed by atoms with E-state index < -0.39 is 0 Å². The van der Waals surface area contributed by atoms with E-state index in [0.29, 0.717) is 13.1 Å². The predicted molar refractivity (Wildman–Crippen MR) is 116 cm³/mol. The fourth-order valence-electron chi connectivity index (χ4n) is 2.38. The summed E-state index contributed by atoms with van der Waals surface area (Å²) < 4.78 is 1.92. The number of unbranched alkanes of at least 4 members (excludes halogenated alkanes) is 1. The van der Waals surface area contributed by atoms with Crippen LogP contribution < -0.4 is 5.32 Å². The summed E-state index contributed by atoms with van der Waals surface area (Å²) in [7, 11) is 3.82. The number of carbonyl (C=O) groups excluding carboxylic acids is 1. The minimum Gasteiger partial charge on any atom is -0.356 e. The van der Waals surface area contributed by atoms with Gasteiger partial charge in [0, 0.05) is 33.7 Å². The van der Waals surface area contributed by atoms with E-state index in [2.05, 4.69) is 27.4 Å². The maximum atomic E-state index is 12.4. The number of halogens is 1. The van der Waals surface area contributed by atoms with Gasteiger partial charge in [-0.1, -0.05) is 13.3 Å². The maximum absolute atomic E-state index is 12.4. The first-order valence-electron chi connectivity index (χ1n) is 9.06. The van der Waals surface area contributed by atoms with Gasteiger partial charge in [0.25, 0.3) is 0 Å². The summed E-state index contributed by atoms with van der Waals surface area (Å²) >= 11 is 0. The highest BCUT2D eigenvalue weighted by molar-refractivity contribution is 14.0. The van der Waals surface area contributed by atoms with Crippen LogP contribution in [0.5, 0.6) is 0 Å². The van der Waals surface area contributed by atoms with Crippen molar-refractivity contribution in [2.75, 3.05) is 33.2 Å². The highest BCUT2D eigenvalue weighted by atomic mass is 127. The topological polar surface area (TPSA) is 78.6 Å². The zero-order valence-electron chi connectivity index (χ0n) is 16.9. The molecule has 0 aliphatic heterocycles. The van der Waals surface area contributed by atoms with Gasteiger partial charge in [-0.2, -0.15) is 0 Å². The smallest absolute Gasteiger partial charge is 0.242 e. The summed E-state index contributed by atoms with van der Waals surface area (Å²) in [5.41, 5.74) is 0. The third-order valence-corrected chi connectivity index (χ3v) is 4.22. The lowest BCUT2D eigenvalue weighted by Crippen LogP contribution is -2.46. The second-order valence-corrected chi connectivity index (χ2v) is 6.06. The average Bonchev–Trinajstić information content (AvgIpc) is 2.90. The fourth-order valence-corrected chi connectivity index (χ4v) is 2.38. The summed E-state index contributed by atoms with van der Waals surface area (Å²) in [6.07, 6.45) is 2.16. The lowest BCUT2D eigenvalue weighted by molar-refractivity contribution is -0.131. The molecule has 1 amide bonds. The minimum absolute atomic E-state index is 0. The van der Waals surface area contributed by atoms with Gasteiger partial charge in [0.2, 0.25) is 5.91 Å². The molecule has 0 aliphatic carbocycles. The molecule has 0 saturated heterocycles. The second-order valence-electron chi connectivity index (χ2n) is 6.06. The Balaban J connectivity index is 0.00000625. The van der Waals surface area contributed by atoms with Crippen LogP contribution in [-0.2, 0) is 18.4 Å². The number of aromatic nitrogens is 3. The number of rotatable bonds is 9. The molecule has 1 heterocycles. The Morgan fingerprint density at radius 3 is 2.38 bits per heavy atom. The van der Waals surface area contributed by atoms with Gasteiger partial charge in [-0.3, -0.25) is 4.79 Å². The van der Waals surface area contributed by atoms with E-state index >= 15 is 0 Å². The van der Waals surface area contributed by atoms with Crippen molar-refractivity contribution in [3.8, 4) is 0 Å². The normalized spacial score (nSPS) is 11.1. The van der Waals surface area contributed by atoms with E-state index in [-0.39, 0.29) is 29.9 Å². The number of amides is 1. The minimum atomic E-state index is 0. The molecule has 26 heavy (non-hydrogen) atoms. The Kier molecular flexibility index (Phi) is 12.2. The zero-order chi connectivity index (χ0) is 18.8. The lowest BCUT2D eigenvalue weighted by Gasteiger charge is -2.26. The highest BCUT2D eigenvalue weighted by Crippen LogP contribution is 2.01. The number of nitrogens with zero attached hydrogens (tertiary/aromatic N) is 6. The highest BCUT2D eigenvalue weighted by Gasteiger charge is 2.15. The molecule has 8 nitrogen and oxygen atoms in total. The van der Waals surface area contributed by atoms with Crippen molar-refractivity contribution >= 4 is 35.8 Å². The molecule has 150 valence electrons. The van der Waals surface area contributed by atoms with Gasteiger partial charge in [0.05, 0.1) is 6.54 Å². The molecule has 0 aromatic carbocycles. The van der Waals surface area contributed by atoms with Crippen molar-refractivity contribution in [1.29, 1.82) is 0 Å². The van der Waals surface area contributed by atoms with Gasteiger partial charge in [-0.15, -0.1) is 34.2 Å². The van der Waals surface area contributed by atoms with Crippen LogP contribution in [0.15, 0.2) is 4.99 Å². The molecule has 1 aromatic rings. The molecule has 0 unspecified atom stereocenters. The largest absolute Gasteiger partial charge is 0.356 e. The molecule has 0 radical (unpaired) electrons. The molecule has 1 aromatic heterocycles. The van der Waals surface area contributed by atoms with Crippen molar-refractivity contribution in [1.82, 2.24) is 29.9 Å². The predicted octanol–water partition coefficient (Wildman–Crippen LogP) is 1.79. The van der Waals surface area contributed by atoms with Crippen molar-refractivity contribution in [2.24, 2.45) is 12.0 Å². The van der Waals surface area contributed by atoms with Gasteiger partial charge < -0.3 is 19.7 Å². The van der Waals surface area contributed by atoms with Crippen LogP contribution in [0, 0.1) is 6.92 Å². The van der Waals surface area contributed by atoms with Crippen molar-refractivity contribution in [3.05, 3.63) is 11.6 Å². The Bertz CT molecular complexity index is 569. The van der Waals surface area contributed by atoms with E-state index in [1.54, 1.807) is 0 Å². The fraction of sp³-hybridized carbons (Fsp3) is 0.765. The molecule has 0 saturated carbocycles. The molecule has 0 bridgehead atoms. The number of hydrogen-bond acceptors (Lipinski definition) is 4. The molecule has 1 rings (SSSR count). The van der Waals surface area contributed by atoms with E-state index in [1.807, 2.05) is 49.2 Å². The van der Waals surface area contributed by atoms with Crippen LogP contribution >= 0.6 is 24.0 Å². The number of carbonyl (C=O) groups is 1. The van der Waals surface area contributed by atoms with Crippen molar-refractivity contribution in [2.45, 2.75) is 47.1 Å². The quantitative estimate of drug-likeness (QED) is 0.253. The summed E-state index contributed by atoms with van der Waals surface area (Å²) in [4.78, 5) is 20.7. The third kappa shape index (κ3) is 7.46. The van der Waals surface area contributed by atoms with Gasteiger partial charge in [0.1, 0.15) is 12.4 Å². The van der Waals surface area contributed by atoms with Crippen LogP contribution in [0.4, 0.5) is 0 Å². The third-order valence-electron chi connectivity index (χ3n) is 4.22. The van der Waals surface area contributed by atoms with Gasteiger partial charge in [0.15, 0.2) is 11.8 Å². The standard InChI is InChI=1S/C17H33N7O.HI/c1-7-10-11-18-17(19-12-15-21-20-14(4)23(15)6)22(5)13-16(25)24(8-2)9-3;/h7-13H2,1-6H3,(H,18,19);1H. The van der Waals surface area contributed by atoms with E-state index in [4.69, 9.17) is 0 Å². The molecule has 9 heteroatoms. The summed E-state index contributed by atoms with van der Waals surface area (Å²) in [5.74, 6) is 2.48. The molecule has 0 fully saturated rings. The van der Waals surface area contributed by atoms with Crippen LogP contribution in [0.25, 0.3) is 0 Å². The Morgan fingerprint density at radius 2 is 1.88 bits per heavy atom. The Hall–Kier alpha value is -1.39. The first-order chi connectivity index (χ1) is 11.9. The molecular formula is C17H34IN7O. The SMILES string of the molecule is CCCCNC(=NCc1nnc(C)n1C)N(C)CC(=O)N(CC)CC.I. The number of nitrogens with one attached hydrogen (secondary N) is 1. The first kappa shape index (κ1) is 24.6. The van der Waals surface area contributed by atoms with E-state index in [0.717, 1.165) is 50.1 Å². The summed E-state index contributed by atoms with van der Waals surface area (Å²) in [6.45, 7) is 11.0.